The highest BCUT2D eigenvalue weighted by Crippen LogP contribution is 2.17. The highest BCUT2D eigenvalue weighted by atomic mass is 16.5. The maximum absolute atomic E-state index is 9.18. The Hall–Kier alpha value is -1.26. The number of ether oxygens (including phenoxy) is 2. The van der Waals surface area contributed by atoms with E-state index in [0.29, 0.717) is 12.6 Å². The molecule has 2 rings (SSSR count). The van der Waals surface area contributed by atoms with Crippen molar-refractivity contribution in [3.63, 3.8) is 0 Å². The number of phenolic OH excluding ortho intramolecular Hbond substituents is 1. The standard InChI is InChI=1S/C14H21NO3/c1-11(2)15-7-8-17-14(9-15)10-18-13-5-3-12(16)4-6-13/h3-6,11,14,16H,7-10H2,1-2H3. The Morgan fingerprint density at radius 2 is 2.11 bits per heavy atom. The van der Waals surface area contributed by atoms with Crippen LogP contribution in [0, 0.1) is 0 Å². The highest BCUT2D eigenvalue weighted by Gasteiger charge is 2.22. The van der Waals surface area contributed by atoms with Crippen LogP contribution in [0.25, 0.3) is 0 Å². The van der Waals surface area contributed by atoms with Crippen LogP contribution in [0.2, 0.25) is 0 Å². The first-order valence-electron chi connectivity index (χ1n) is 6.42. The first kappa shape index (κ1) is 13.2. The van der Waals surface area contributed by atoms with Crippen LogP contribution >= 0.6 is 0 Å². The second kappa shape index (κ2) is 6.07. The van der Waals surface area contributed by atoms with E-state index in [-0.39, 0.29) is 11.9 Å². The fraction of sp³-hybridized carbons (Fsp3) is 0.571. The molecule has 1 saturated heterocycles. The minimum Gasteiger partial charge on any atom is -0.508 e. The Kier molecular flexibility index (Phi) is 4.44. The van der Waals surface area contributed by atoms with E-state index in [1.165, 1.54) is 0 Å². The summed E-state index contributed by atoms with van der Waals surface area (Å²) in [6.07, 6.45) is 0.120. The number of hydrogen-bond acceptors (Lipinski definition) is 4. The number of hydrogen-bond donors (Lipinski definition) is 1. The Bertz CT molecular complexity index is 364. The van der Waals surface area contributed by atoms with Gasteiger partial charge in [0.05, 0.1) is 6.61 Å². The number of phenols is 1. The molecule has 1 aliphatic heterocycles. The molecule has 0 spiro atoms. The smallest absolute Gasteiger partial charge is 0.119 e. The molecule has 1 aromatic carbocycles. The van der Waals surface area contributed by atoms with Gasteiger partial charge in [-0.2, -0.15) is 0 Å². The third kappa shape index (κ3) is 3.62. The van der Waals surface area contributed by atoms with Gasteiger partial charge in [0.1, 0.15) is 24.2 Å². The van der Waals surface area contributed by atoms with Crippen molar-refractivity contribution in [3.05, 3.63) is 24.3 Å². The summed E-state index contributed by atoms with van der Waals surface area (Å²) in [4.78, 5) is 2.40. The molecule has 1 N–H and O–H groups in total. The van der Waals surface area contributed by atoms with Gasteiger partial charge in [0.25, 0.3) is 0 Å². The van der Waals surface area contributed by atoms with Crippen LogP contribution in [0.5, 0.6) is 11.5 Å². The van der Waals surface area contributed by atoms with Crippen LogP contribution in [-0.4, -0.2) is 48.5 Å². The fourth-order valence-electron chi connectivity index (χ4n) is 2.04. The topological polar surface area (TPSA) is 41.9 Å². The monoisotopic (exact) mass is 251 g/mol. The number of morpholine rings is 1. The van der Waals surface area contributed by atoms with Crippen molar-refractivity contribution in [2.45, 2.75) is 26.0 Å². The lowest BCUT2D eigenvalue weighted by atomic mass is 10.2. The Morgan fingerprint density at radius 3 is 2.78 bits per heavy atom. The molecule has 1 aromatic rings. The van der Waals surface area contributed by atoms with E-state index in [2.05, 4.69) is 18.7 Å². The molecule has 1 aliphatic rings. The zero-order chi connectivity index (χ0) is 13.0. The molecular weight excluding hydrogens is 230 g/mol. The number of benzene rings is 1. The lowest BCUT2D eigenvalue weighted by molar-refractivity contribution is -0.0564. The van der Waals surface area contributed by atoms with E-state index in [1.54, 1.807) is 24.3 Å². The molecule has 0 aromatic heterocycles. The number of nitrogens with zero attached hydrogens (tertiary/aromatic N) is 1. The van der Waals surface area contributed by atoms with Crippen molar-refractivity contribution in [1.82, 2.24) is 4.90 Å². The summed E-state index contributed by atoms with van der Waals surface area (Å²) >= 11 is 0. The summed E-state index contributed by atoms with van der Waals surface area (Å²) in [5.41, 5.74) is 0. The third-order valence-corrected chi connectivity index (χ3v) is 3.17. The Labute approximate surface area is 108 Å². The minimum absolute atomic E-state index is 0.120. The van der Waals surface area contributed by atoms with Crippen LogP contribution in [0.15, 0.2) is 24.3 Å². The summed E-state index contributed by atoms with van der Waals surface area (Å²) in [5.74, 6) is 1.01. The van der Waals surface area contributed by atoms with Gasteiger partial charge in [-0.05, 0) is 38.1 Å². The van der Waals surface area contributed by atoms with Crippen molar-refractivity contribution < 1.29 is 14.6 Å². The van der Waals surface area contributed by atoms with Crippen LogP contribution in [-0.2, 0) is 4.74 Å². The summed E-state index contributed by atoms with van der Waals surface area (Å²) in [7, 11) is 0. The van der Waals surface area contributed by atoms with E-state index in [9.17, 15) is 5.11 Å². The molecule has 0 radical (unpaired) electrons. The number of rotatable bonds is 4. The Morgan fingerprint density at radius 1 is 1.39 bits per heavy atom. The number of aromatic hydroxyl groups is 1. The van der Waals surface area contributed by atoms with E-state index in [0.717, 1.165) is 25.4 Å². The zero-order valence-corrected chi connectivity index (χ0v) is 11.0. The first-order valence-corrected chi connectivity index (χ1v) is 6.42. The van der Waals surface area contributed by atoms with Crippen LogP contribution in [0.1, 0.15) is 13.8 Å². The van der Waals surface area contributed by atoms with Gasteiger partial charge in [0.2, 0.25) is 0 Å². The van der Waals surface area contributed by atoms with Crippen molar-refractivity contribution in [1.29, 1.82) is 0 Å². The van der Waals surface area contributed by atoms with Gasteiger partial charge in [-0.1, -0.05) is 0 Å². The minimum atomic E-state index is 0.120. The van der Waals surface area contributed by atoms with Gasteiger partial charge in [-0.25, -0.2) is 0 Å². The van der Waals surface area contributed by atoms with Crippen LogP contribution in [0.4, 0.5) is 0 Å². The largest absolute Gasteiger partial charge is 0.508 e. The average Bonchev–Trinajstić information content (AvgIpc) is 2.38. The second-order valence-electron chi connectivity index (χ2n) is 4.89. The molecule has 1 atom stereocenters. The highest BCUT2D eigenvalue weighted by molar-refractivity contribution is 5.30. The molecule has 1 heterocycles. The van der Waals surface area contributed by atoms with Gasteiger partial charge in [-0.3, -0.25) is 4.90 Å². The van der Waals surface area contributed by atoms with Crippen molar-refractivity contribution in [2.24, 2.45) is 0 Å². The normalized spacial score (nSPS) is 21.2. The zero-order valence-electron chi connectivity index (χ0n) is 11.0. The molecule has 1 unspecified atom stereocenters. The summed E-state index contributed by atoms with van der Waals surface area (Å²) in [5, 5.41) is 9.18. The van der Waals surface area contributed by atoms with Crippen molar-refractivity contribution in [2.75, 3.05) is 26.3 Å². The van der Waals surface area contributed by atoms with Gasteiger partial charge < -0.3 is 14.6 Å². The second-order valence-corrected chi connectivity index (χ2v) is 4.89. The summed E-state index contributed by atoms with van der Waals surface area (Å²) < 4.78 is 11.4. The van der Waals surface area contributed by atoms with Crippen LogP contribution in [0.3, 0.4) is 0 Å². The van der Waals surface area contributed by atoms with Gasteiger partial charge in [0, 0.05) is 19.1 Å². The van der Waals surface area contributed by atoms with Gasteiger partial charge >= 0.3 is 0 Å². The molecule has 0 saturated carbocycles. The molecule has 0 bridgehead atoms. The maximum atomic E-state index is 9.18. The van der Waals surface area contributed by atoms with E-state index >= 15 is 0 Å². The average molecular weight is 251 g/mol. The quantitative estimate of drug-likeness (QED) is 0.887. The third-order valence-electron chi connectivity index (χ3n) is 3.17. The predicted octanol–water partition coefficient (Wildman–Crippen LogP) is 1.88. The molecule has 4 nitrogen and oxygen atoms in total. The predicted molar refractivity (Wildman–Crippen MR) is 70.1 cm³/mol. The molecule has 100 valence electrons. The lowest BCUT2D eigenvalue weighted by Gasteiger charge is -2.35. The fourth-order valence-corrected chi connectivity index (χ4v) is 2.04. The van der Waals surface area contributed by atoms with Gasteiger partial charge in [0.15, 0.2) is 0 Å². The van der Waals surface area contributed by atoms with E-state index < -0.39 is 0 Å². The maximum Gasteiger partial charge on any atom is 0.119 e. The van der Waals surface area contributed by atoms with Crippen molar-refractivity contribution in [3.8, 4) is 11.5 Å². The molecule has 1 fully saturated rings. The van der Waals surface area contributed by atoms with Crippen LogP contribution < -0.4 is 4.74 Å². The van der Waals surface area contributed by atoms with Gasteiger partial charge in [-0.15, -0.1) is 0 Å². The molecular formula is C14H21NO3. The summed E-state index contributed by atoms with van der Waals surface area (Å²) in [6, 6.07) is 7.32. The molecule has 4 heteroatoms. The summed E-state index contributed by atoms with van der Waals surface area (Å²) in [6.45, 7) is 7.62. The lowest BCUT2D eigenvalue weighted by Crippen LogP contribution is -2.47. The van der Waals surface area contributed by atoms with E-state index in [1.807, 2.05) is 0 Å². The molecule has 0 aliphatic carbocycles. The SMILES string of the molecule is CC(C)N1CCOC(COc2ccc(O)cc2)C1. The van der Waals surface area contributed by atoms with Crippen molar-refractivity contribution >= 4 is 0 Å². The van der Waals surface area contributed by atoms with E-state index in [4.69, 9.17) is 9.47 Å². The first-order chi connectivity index (χ1) is 8.65. The Balaban J connectivity index is 1.81. The molecule has 0 amide bonds. The molecule has 18 heavy (non-hydrogen) atoms.